The molecule has 0 fully saturated rings. The number of nitrogens with one attached hydrogen (secondary N) is 1. The summed E-state index contributed by atoms with van der Waals surface area (Å²) in [7, 11) is 1.87. The minimum atomic E-state index is -0.178. The van der Waals surface area contributed by atoms with Gasteiger partial charge in [0.2, 0.25) is 0 Å². The van der Waals surface area contributed by atoms with Gasteiger partial charge in [-0.1, -0.05) is 0 Å². The second-order valence-corrected chi connectivity index (χ2v) is 5.26. The summed E-state index contributed by atoms with van der Waals surface area (Å²) in [6.45, 7) is 0.414. The van der Waals surface area contributed by atoms with Crippen LogP contribution in [0.5, 0.6) is 0 Å². The Morgan fingerprint density at radius 1 is 1.33 bits per heavy atom. The van der Waals surface area contributed by atoms with Crippen molar-refractivity contribution in [3.05, 3.63) is 53.0 Å². The van der Waals surface area contributed by atoms with Crippen LogP contribution in [0, 0.1) is 0 Å². The standard InChI is InChI=1S/C14H13N5OS/c1-19-7-12(6-18-19)11-2-10(3-15-5-11)4-16-14(20)13-8-21-9-17-13/h2-3,5-9H,4H2,1H3,(H,16,20). The van der Waals surface area contributed by atoms with Gasteiger partial charge in [-0.2, -0.15) is 5.10 Å². The summed E-state index contributed by atoms with van der Waals surface area (Å²) in [4.78, 5) is 20.0. The van der Waals surface area contributed by atoms with Crippen LogP contribution >= 0.6 is 11.3 Å². The van der Waals surface area contributed by atoms with E-state index in [1.54, 1.807) is 34.2 Å². The van der Waals surface area contributed by atoms with Crippen LogP contribution in [0.1, 0.15) is 16.1 Å². The fourth-order valence-corrected chi connectivity index (χ4v) is 2.44. The van der Waals surface area contributed by atoms with Gasteiger partial charge in [-0.3, -0.25) is 14.5 Å². The number of hydrogen-bond donors (Lipinski definition) is 1. The normalized spacial score (nSPS) is 10.5. The number of hydrogen-bond acceptors (Lipinski definition) is 5. The van der Waals surface area contributed by atoms with Gasteiger partial charge in [0, 0.05) is 48.7 Å². The number of aryl methyl sites for hydroxylation is 1. The zero-order chi connectivity index (χ0) is 14.7. The van der Waals surface area contributed by atoms with Crippen LogP contribution < -0.4 is 5.32 Å². The molecule has 106 valence electrons. The van der Waals surface area contributed by atoms with Crippen LogP contribution in [0.4, 0.5) is 0 Å². The van der Waals surface area contributed by atoms with Gasteiger partial charge in [0.1, 0.15) is 5.69 Å². The summed E-state index contributed by atoms with van der Waals surface area (Å²) >= 11 is 1.40. The Morgan fingerprint density at radius 2 is 2.24 bits per heavy atom. The molecule has 3 heterocycles. The summed E-state index contributed by atoms with van der Waals surface area (Å²) in [6, 6.07) is 1.99. The molecule has 3 aromatic rings. The van der Waals surface area contributed by atoms with Crippen LogP contribution in [-0.4, -0.2) is 25.7 Å². The van der Waals surface area contributed by atoms with E-state index in [4.69, 9.17) is 0 Å². The van der Waals surface area contributed by atoms with Gasteiger partial charge < -0.3 is 5.32 Å². The molecular formula is C14H13N5OS. The average molecular weight is 299 g/mol. The summed E-state index contributed by atoms with van der Waals surface area (Å²) < 4.78 is 1.74. The fraction of sp³-hybridized carbons (Fsp3) is 0.143. The first-order valence-electron chi connectivity index (χ1n) is 6.32. The lowest BCUT2D eigenvalue weighted by Crippen LogP contribution is -2.23. The Kier molecular flexibility index (Phi) is 3.74. The van der Waals surface area contributed by atoms with E-state index in [1.807, 2.05) is 19.3 Å². The van der Waals surface area contributed by atoms with Crippen molar-refractivity contribution in [3.63, 3.8) is 0 Å². The number of carbonyl (C=O) groups excluding carboxylic acids is 1. The van der Waals surface area contributed by atoms with E-state index in [0.717, 1.165) is 16.7 Å². The molecule has 0 aliphatic heterocycles. The van der Waals surface area contributed by atoms with Crippen molar-refractivity contribution in [2.75, 3.05) is 0 Å². The van der Waals surface area contributed by atoms with Crippen molar-refractivity contribution in [2.45, 2.75) is 6.54 Å². The van der Waals surface area contributed by atoms with E-state index in [-0.39, 0.29) is 5.91 Å². The minimum absolute atomic E-state index is 0.178. The van der Waals surface area contributed by atoms with E-state index >= 15 is 0 Å². The topological polar surface area (TPSA) is 72.7 Å². The van der Waals surface area contributed by atoms with E-state index in [1.165, 1.54) is 11.3 Å². The molecule has 0 unspecified atom stereocenters. The largest absolute Gasteiger partial charge is 0.347 e. The number of pyridine rings is 1. The van der Waals surface area contributed by atoms with E-state index in [0.29, 0.717) is 12.2 Å². The molecule has 1 amide bonds. The molecule has 3 aromatic heterocycles. The third-order valence-corrected chi connectivity index (χ3v) is 3.54. The highest BCUT2D eigenvalue weighted by Gasteiger charge is 2.08. The Bertz CT molecular complexity index is 750. The Labute approximate surface area is 125 Å². The summed E-state index contributed by atoms with van der Waals surface area (Å²) in [6.07, 6.45) is 7.23. The maximum Gasteiger partial charge on any atom is 0.271 e. The molecule has 0 bridgehead atoms. The van der Waals surface area contributed by atoms with Crippen molar-refractivity contribution in [1.29, 1.82) is 0 Å². The van der Waals surface area contributed by atoms with Crippen molar-refractivity contribution < 1.29 is 4.79 Å². The van der Waals surface area contributed by atoms with Crippen LogP contribution in [0.25, 0.3) is 11.1 Å². The van der Waals surface area contributed by atoms with Crippen molar-refractivity contribution in [1.82, 2.24) is 25.1 Å². The van der Waals surface area contributed by atoms with Crippen molar-refractivity contribution in [3.8, 4) is 11.1 Å². The average Bonchev–Trinajstić information content (AvgIpc) is 3.16. The number of carbonyl (C=O) groups is 1. The highest BCUT2D eigenvalue weighted by atomic mass is 32.1. The number of rotatable bonds is 4. The lowest BCUT2D eigenvalue weighted by atomic mass is 10.1. The van der Waals surface area contributed by atoms with Gasteiger partial charge in [0.25, 0.3) is 5.91 Å². The third-order valence-electron chi connectivity index (χ3n) is 2.95. The summed E-state index contributed by atoms with van der Waals surface area (Å²) in [5.74, 6) is -0.178. The number of aromatic nitrogens is 4. The van der Waals surface area contributed by atoms with E-state index in [9.17, 15) is 4.79 Å². The fourth-order valence-electron chi connectivity index (χ4n) is 1.91. The van der Waals surface area contributed by atoms with Crippen LogP contribution in [0.15, 0.2) is 41.7 Å². The Balaban J connectivity index is 1.70. The molecule has 7 heteroatoms. The number of thiazole rings is 1. The lowest BCUT2D eigenvalue weighted by molar-refractivity contribution is 0.0946. The lowest BCUT2D eigenvalue weighted by Gasteiger charge is -2.05. The van der Waals surface area contributed by atoms with Crippen LogP contribution in [0.3, 0.4) is 0 Å². The van der Waals surface area contributed by atoms with Crippen LogP contribution in [0.2, 0.25) is 0 Å². The van der Waals surface area contributed by atoms with Gasteiger partial charge in [0.05, 0.1) is 11.7 Å². The first-order valence-corrected chi connectivity index (χ1v) is 7.26. The second-order valence-electron chi connectivity index (χ2n) is 4.54. The summed E-state index contributed by atoms with van der Waals surface area (Å²) in [5.41, 5.74) is 4.98. The van der Waals surface area contributed by atoms with Gasteiger partial charge in [0.15, 0.2) is 0 Å². The molecule has 0 spiro atoms. The van der Waals surface area contributed by atoms with Crippen molar-refractivity contribution in [2.24, 2.45) is 7.05 Å². The first-order chi connectivity index (χ1) is 10.2. The molecule has 1 N–H and O–H groups in total. The Hall–Kier alpha value is -2.54. The predicted molar refractivity (Wildman–Crippen MR) is 79.7 cm³/mol. The molecule has 0 radical (unpaired) electrons. The zero-order valence-electron chi connectivity index (χ0n) is 11.4. The molecule has 0 aromatic carbocycles. The smallest absolute Gasteiger partial charge is 0.271 e. The van der Waals surface area contributed by atoms with E-state index in [2.05, 4.69) is 20.4 Å². The summed E-state index contributed by atoms with van der Waals surface area (Å²) in [5, 5.41) is 8.69. The highest BCUT2D eigenvalue weighted by Crippen LogP contribution is 2.18. The second kappa shape index (κ2) is 5.84. The molecule has 0 saturated heterocycles. The minimum Gasteiger partial charge on any atom is -0.347 e. The highest BCUT2D eigenvalue weighted by molar-refractivity contribution is 7.07. The monoisotopic (exact) mass is 299 g/mol. The van der Waals surface area contributed by atoms with Gasteiger partial charge in [-0.05, 0) is 11.6 Å². The Morgan fingerprint density at radius 3 is 2.95 bits per heavy atom. The maximum atomic E-state index is 11.8. The van der Waals surface area contributed by atoms with Crippen molar-refractivity contribution >= 4 is 17.2 Å². The van der Waals surface area contributed by atoms with Gasteiger partial charge in [-0.25, -0.2) is 4.98 Å². The van der Waals surface area contributed by atoms with Crippen LogP contribution in [-0.2, 0) is 13.6 Å². The molecule has 21 heavy (non-hydrogen) atoms. The SMILES string of the molecule is Cn1cc(-c2cncc(CNC(=O)c3cscn3)c2)cn1. The first kappa shape index (κ1) is 13.4. The maximum absolute atomic E-state index is 11.8. The van der Waals surface area contributed by atoms with E-state index < -0.39 is 0 Å². The third kappa shape index (κ3) is 3.14. The molecule has 0 atom stereocenters. The van der Waals surface area contributed by atoms with Gasteiger partial charge in [-0.15, -0.1) is 11.3 Å². The molecule has 0 aliphatic rings. The van der Waals surface area contributed by atoms with Gasteiger partial charge >= 0.3 is 0 Å². The molecular weight excluding hydrogens is 286 g/mol. The molecule has 6 nitrogen and oxygen atoms in total. The predicted octanol–water partition coefficient (Wildman–Crippen LogP) is 1.87. The molecule has 0 saturated carbocycles. The quantitative estimate of drug-likeness (QED) is 0.798. The number of nitrogens with zero attached hydrogens (tertiary/aromatic N) is 4. The zero-order valence-corrected chi connectivity index (χ0v) is 12.2. The number of amides is 1. The molecule has 0 aliphatic carbocycles. The molecule has 3 rings (SSSR count).